The van der Waals surface area contributed by atoms with Gasteiger partial charge in [-0.2, -0.15) is 13.2 Å². The number of nitrogens with zero attached hydrogens (tertiary/aromatic N) is 3. The molecule has 2 heterocycles. The van der Waals surface area contributed by atoms with Crippen molar-refractivity contribution in [1.82, 2.24) is 20.2 Å². The summed E-state index contributed by atoms with van der Waals surface area (Å²) in [5.41, 5.74) is -0.311. The van der Waals surface area contributed by atoms with Crippen LogP contribution in [-0.4, -0.2) is 51.0 Å². The molecular formula is C26H36F3N5O. The van der Waals surface area contributed by atoms with E-state index in [1.54, 1.807) is 0 Å². The quantitative estimate of drug-likeness (QED) is 0.599. The molecule has 0 spiro atoms. The molecule has 0 unspecified atom stereocenters. The standard InChI is InChI=1S/C26H36F3N5O/c1-15(2)18-13-17(33-25(3,4)5)7-9-22(18)34-11-10-21(24(34)35)32-23-19-12-16(26(27,28)29)6-8-20(19)30-14-31-23/h6,8,12,14-15,17-18,21-22,33H,7,9-11,13H2,1-5H3,(H,30,31,32)/t17-,18+,21+,22+/m1/s1. The van der Waals surface area contributed by atoms with Crippen LogP contribution in [-0.2, 0) is 11.0 Å². The molecule has 4 atom stereocenters. The summed E-state index contributed by atoms with van der Waals surface area (Å²) in [6.07, 6.45) is 0.429. The Morgan fingerprint density at radius 3 is 2.49 bits per heavy atom. The van der Waals surface area contributed by atoms with Crippen LogP contribution in [0.15, 0.2) is 24.5 Å². The lowest BCUT2D eigenvalue weighted by atomic mass is 9.74. The van der Waals surface area contributed by atoms with Crippen molar-refractivity contribution in [3.05, 3.63) is 30.1 Å². The normalized spacial score (nSPS) is 26.1. The van der Waals surface area contributed by atoms with Crippen molar-refractivity contribution in [1.29, 1.82) is 0 Å². The monoisotopic (exact) mass is 491 g/mol. The molecular weight excluding hydrogens is 455 g/mol. The van der Waals surface area contributed by atoms with Crippen molar-refractivity contribution in [3.63, 3.8) is 0 Å². The van der Waals surface area contributed by atoms with Crippen LogP contribution in [0.1, 0.15) is 65.9 Å². The van der Waals surface area contributed by atoms with Crippen molar-refractivity contribution >= 4 is 22.6 Å². The zero-order valence-corrected chi connectivity index (χ0v) is 21.1. The summed E-state index contributed by atoms with van der Waals surface area (Å²) < 4.78 is 39.8. The maximum atomic E-state index is 13.5. The van der Waals surface area contributed by atoms with E-state index in [-0.39, 0.29) is 28.7 Å². The zero-order valence-electron chi connectivity index (χ0n) is 21.1. The highest BCUT2D eigenvalue weighted by molar-refractivity contribution is 5.93. The van der Waals surface area contributed by atoms with Gasteiger partial charge in [-0.1, -0.05) is 13.8 Å². The van der Waals surface area contributed by atoms with E-state index >= 15 is 0 Å². The van der Waals surface area contributed by atoms with Crippen molar-refractivity contribution in [2.45, 2.75) is 90.1 Å². The lowest BCUT2D eigenvalue weighted by molar-refractivity contribution is -0.137. The molecule has 1 aliphatic heterocycles. The largest absolute Gasteiger partial charge is 0.416 e. The highest BCUT2D eigenvalue weighted by atomic mass is 19.4. The number of alkyl halides is 3. The molecule has 1 aromatic heterocycles. The van der Waals surface area contributed by atoms with Gasteiger partial charge in [0.15, 0.2) is 0 Å². The molecule has 6 nitrogen and oxygen atoms in total. The predicted molar refractivity (Wildman–Crippen MR) is 131 cm³/mol. The Morgan fingerprint density at radius 2 is 1.83 bits per heavy atom. The third kappa shape index (κ3) is 5.71. The summed E-state index contributed by atoms with van der Waals surface area (Å²) in [4.78, 5) is 23.7. The number of nitrogens with one attached hydrogen (secondary N) is 2. The van der Waals surface area contributed by atoms with Crippen molar-refractivity contribution in [3.8, 4) is 0 Å². The molecule has 35 heavy (non-hydrogen) atoms. The Kier molecular flexibility index (Phi) is 7.01. The predicted octanol–water partition coefficient (Wildman–Crippen LogP) is 5.24. The van der Waals surface area contributed by atoms with E-state index in [4.69, 9.17) is 0 Å². The average Bonchev–Trinajstić information content (AvgIpc) is 3.12. The number of hydrogen-bond donors (Lipinski definition) is 2. The van der Waals surface area contributed by atoms with Gasteiger partial charge in [0, 0.05) is 29.6 Å². The van der Waals surface area contributed by atoms with Gasteiger partial charge in [-0.3, -0.25) is 4.79 Å². The number of amides is 1. The van der Waals surface area contributed by atoms with E-state index in [2.05, 4.69) is 55.2 Å². The van der Waals surface area contributed by atoms with Gasteiger partial charge >= 0.3 is 6.18 Å². The van der Waals surface area contributed by atoms with E-state index in [1.165, 1.54) is 12.4 Å². The first-order chi connectivity index (χ1) is 16.3. The second kappa shape index (κ2) is 9.56. The topological polar surface area (TPSA) is 70.2 Å². The molecule has 1 amide bonds. The number of benzene rings is 1. The number of anilines is 1. The van der Waals surface area contributed by atoms with Crippen LogP contribution in [0.2, 0.25) is 0 Å². The SMILES string of the molecule is CC(C)[C@@H]1C[C@H](NC(C)(C)C)CC[C@@H]1N1CC[C@H](Nc2ncnc3ccc(C(F)(F)F)cc23)C1=O. The van der Waals surface area contributed by atoms with Gasteiger partial charge in [0.1, 0.15) is 18.2 Å². The maximum absolute atomic E-state index is 13.5. The first-order valence-electron chi connectivity index (χ1n) is 12.5. The lowest BCUT2D eigenvalue weighted by Crippen LogP contribution is -2.53. The number of rotatable bonds is 5. The molecule has 2 aliphatic rings. The molecule has 2 fully saturated rings. The van der Waals surface area contributed by atoms with Crippen molar-refractivity contribution in [2.75, 3.05) is 11.9 Å². The number of fused-ring (bicyclic) bond motifs is 1. The van der Waals surface area contributed by atoms with Crippen LogP contribution >= 0.6 is 0 Å². The fourth-order valence-corrected chi connectivity index (χ4v) is 5.71. The Hall–Kier alpha value is -2.42. The van der Waals surface area contributed by atoms with Crippen LogP contribution in [0.25, 0.3) is 10.9 Å². The van der Waals surface area contributed by atoms with Crippen LogP contribution in [0.5, 0.6) is 0 Å². The van der Waals surface area contributed by atoms with E-state index in [0.717, 1.165) is 31.4 Å². The second-order valence-electron chi connectivity index (χ2n) is 11.3. The number of hydrogen-bond acceptors (Lipinski definition) is 5. The highest BCUT2D eigenvalue weighted by Gasteiger charge is 2.43. The zero-order chi connectivity index (χ0) is 25.5. The molecule has 192 valence electrons. The van der Waals surface area contributed by atoms with Crippen LogP contribution < -0.4 is 10.6 Å². The molecule has 1 aromatic carbocycles. The highest BCUT2D eigenvalue weighted by Crippen LogP contribution is 2.37. The number of carbonyl (C=O) groups excluding carboxylic acids is 1. The second-order valence-corrected chi connectivity index (χ2v) is 11.3. The summed E-state index contributed by atoms with van der Waals surface area (Å²) in [6, 6.07) is 3.49. The molecule has 0 bridgehead atoms. The molecule has 2 N–H and O–H groups in total. The third-order valence-corrected chi connectivity index (χ3v) is 7.27. The van der Waals surface area contributed by atoms with Crippen molar-refractivity contribution in [2.24, 2.45) is 11.8 Å². The van der Waals surface area contributed by atoms with E-state index in [1.807, 2.05) is 4.90 Å². The minimum Gasteiger partial charge on any atom is -0.358 e. The number of halogens is 3. The molecule has 0 radical (unpaired) electrons. The molecule has 1 saturated carbocycles. The summed E-state index contributed by atoms with van der Waals surface area (Å²) in [5, 5.41) is 7.14. The molecule has 4 rings (SSSR count). The first-order valence-corrected chi connectivity index (χ1v) is 12.5. The van der Waals surface area contributed by atoms with E-state index in [9.17, 15) is 18.0 Å². The lowest BCUT2D eigenvalue weighted by Gasteiger charge is -2.44. The van der Waals surface area contributed by atoms with Gasteiger partial charge in [0.25, 0.3) is 0 Å². The van der Waals surface area contributed by atoms with Gasteiger partial charge in [0.2, 0.25) is 5.91 Å². The van der Waals surface area contributed by atoms with Gasteiger partial charge in [-0.15, -0.1) is 0 Å². The Morgan fingerprint density at radius 1 is 1.09 bits per heavy atom. The van der Waals surface area contributed by atoms with Gasteiger partial charge in [-0.05, 0) is 76.5 Å². The van der Waals surface area contributed by atoms with E-state index < -0.39 is 17.8 Å². The fourth-order valence-electron chi connectivity index (χ4n) is 5.71. The summed E-state index contributed by atoms with van der Waals surface area (Å²) >= 11 is 0. The third-order valence-electron chi connectivity index (χ3n) is 7.27. The van der Waals surface area contributed by atoms with Gasteiger partial charge in [-0.25, -0.2) is 9.97 Å². The smallest absolute Gasteiger partial charge is 0.358 e. The Labute approximate surface area is 205 Å². The summed E-state index contributed by atoms with van der Waals surface area (Å²) in [6.45, 7) is 11.6. The number of aromatic nitrogens is 2. The summed E-state index contributed by atoms with van der Waals surface area (Å²) in [7, 11) is 0. The van der Waals surface area contributed by atoms with Crippen LogP contribution in [0.4, 0.5) is 19.0 Å². The summed E-state index contributed by atoms with van der Waals surface area (Å²) in [5.74, 6) is 1.10. The molecule has 1 aliphatic carbocycles. The number of carbonyl (C=O) groups is 1. The number of likely N-dealkylation sites (tertiary alicyclic amines) is 1. The first kappa shape index (κ1) is 25.7. The van der Waals surface area contributed by atoms with Gasteiger partial charge < -0.3 is 15.5 Å². The minimum atomic E-state index is -4.46. The average molecular weight is 492 g/mol. The Balaban J connectivity index is 1.51. The van der Waals surface area contributed by atoms with Crippen LogP contribution in [0.3, 0.4) is 0 Å². The molecule has 1 saturated heterocycles. The minimum absolute atomic E-state index is 0.00150. The van der Waals surface area contributed by atoms with E-state index in [0.29, 0.717) is 36.4 Å². The van der Waals surface area contributed by atoms with Crippen LogP contribution in [0, 0.1) is 11.8 Å². The molecule has 9 heteroatoms. The van der Waals surface area contributed by atoms with Crippen molar-refractivity contribution < 1.29 is 18.0 Å². The fraction of sp³-hybridized carbons (Fsp3) is 0.654. The molecule has 2 aromatic rings. The maximum Gasteiger partial charge on any atom is 0.416 e. The van der Waals surface area contributed by atoms with Gasteiger partial charge in [0.05, 0.1) is 11.1 Å². The Bertz CT molecular complexity index is 1070.